The van der Waals surface area contributed by atoms with E-state index in [1.807, 2.05) is 68.4 Å². The van der Waals surface area contributed by atoms with E-state index < -0.39 is 0 Å². The van der Waals surface area contributed by atoms with Crippen LogP contribution in [0, 0.1) is 25.2 Å². The molecule has 12 heteroatoms. The van der Waals surface area contributed by atoms with Crippen LogP contribution in [0.25, 0.3) is 11.1 Å². The minimum Gasteiger partial charge on any atom is -0.468 e. The van der Waals surface area contributed by atoms with Crippen LogP contribution in [0.4, 0.5) is 11.9 Å². The van der Waals surface area contributed by atoms with Crippen molar-refractivity contribution in [2.45, 2.75) is 83.9 Å². The number of hydrogen-bond acceptors (Lipinski definition) is 11. The number of aromatic nitrogens is 6. The molecule has 47 heavy (non-hydrogen) atoms. The first kappa shape index (κ1) is 31.9. The Bertz CT molecular complexity index is 1710. The molecule has 0 unspecified atom stereocenters. The van der Waals surface area contributed by atoms with Crippen molar-refractivity contribution in [1.29, 1.82) is 5.26 Å². The van der Waals surface area contributed by atoms with Crippen LogP contribution in [0.1, 0.15) is 67.4 Å². The Labute approximate surface area is 274 Å². The van der Waals surface area contributed by atoms with Gasteiger partial charge in [-0.3, -0.25) is 9.69 Å². The second kappa shape index (κ2) is 14.6. The molecule has 1 saturated carbocycles. The van der Waals surface area contributed by atoms with Gasteiger partial charge in [0.25, 0.3) is 0 Å². The summed E-state index contributed by atoms with van der Waals surface area (Å²) in [5.74, 6) is 1.90. The highest BCUT2D eigenvalue weighted by Gasteiger charge is 2.33. The Hall–Kier alpha value is -5.02. The average Bonchev–Trinajstić information content (AvgIpc) is 3.07. The summed E-state index contributed by atoms with van der Waals surface area (Å²) in [5, 5.41) is 12.9. The normalized spacial score (nSPS) is 17.7. The smallest absolute Gasteiger partial charge is 0.237 e. The first-order valence-corrected chi connectivity index (χ1v) is 16.2. The second-order valence-electron chi connectivity index (χ2n) is 12.0. The van der Waals surface area contributed by atoms with Crippen molar-refractivity contribution in [2.75, 3.05) is 23.4 Å². The van der Waals surface area contributed by atoms with Crippen molar-refractivity contribution in [1.82, 2.24) is 29.9 Å². The molecule has 0 atom stereocenters. The Morgan fingerprint density at radius 3 is 2.32 bits per heavy atom. The molecule has 3 aromatic heterocycles. The maximum atomic E-state index is 14.0. The molecule has 1 aliphatic heterocycles. The van der Waals surface area contributed by atoms with Crippen LogP contribution >= 0.6 is 0 Å². The molecule has 0 bridgehead atoms. The lowest BCUT2D eigenvalue weighted by Gasteiger charge is -2.36. The number of anilines is 2. The molecule has 1 saturated heterocycles. The Morgan fingerprint density at radius 1 is 1.00 bits per heavy atom. The highest BCUT2D eigenvalue weighted by Crippen LogP contribution is 2.32. The molecule has 6 rings (SSSR count). The van der Waals surface area contributed by atoms with E-state index in [1.54, 1.807) is 0 Å². The molecule has 0 radical (unpaired) electrons. The Morgan fingerprint density at radius 2 is 1.70 bits per heavy atom. The predicted octanol–water partition coefficient (Wildman–Crippen LogP) is 4.94. The maximum Gasteiger partial charge on any atom is 0.237 e. The monoisotopic (exact) mass is 633 g/mol. The summed E-state index contributed by atoms with van der Waals surface area (Å²) in [5.41, 5.74) is 4.71. The molecular weight excluding hydrogens is 594 g/mol. The van der Waals surface area contributed by atoms with Gasteiger partial charge in [-0.15, -0.1) is 0 Å². The zero-order valence-corrected chi connectivity index (χ0v) is 27.0. The van der Waals surface area contributed by atoms with E-state index in [9.17, 15) is 10.1 Å². The van der Waals surface area contributed by atoms with Crippen LogP contribution in [-0.4, -0.2) is 67.2 Å². The standard InChI is InChI=1S/C35H39N9O3/c1-4-30-37-18-26(19-38-30)32-22(2)40-35(41-23(32)3)44(31(45)15-10-24-8-6-5-7-9-24)28-13-11-27(12-14-28)42-34-39-17-25(16-36)33(43-34)47-29-20-46-21-29/h5-9,17-19,27-29H,4,10-15,20-21H2,1-3H3,(H,39,42,43). The van der Waals surface area contributed by atoms with Gasteiger partial charge < -0.3 is 14.8 Å². The summed E-state index contributed by atoms with van der Waals surface area (Å²) in [6.07, 6.45) is 9.85. The van der Waals surface area contributed by atoms with Crippen LogP contribution in [0.5, 0.6) is 5.88 Å². The summed E-state index contributed by atoms with van der Waals surface area (Å²) in [6, 6.07) is 12.2. The zero-order valence-electron chi connectivity index (χ0n) is 27.0. The van der Waals surface area contributed by atoms with E-state index in [1.165, 1.54) is 6.20 Å². The Kier molecular flexibility index (Phi) is 9.92. The number of nitrogens with zero attached hydrogens (tertiary/aromatic N) is 8. The molecule has 1 N–H and O–H groups in total. The highest BCUT2D eigenvalue weighted by atomic mass is 16.6. The van der Waals surface area contributed by atoms with Crippen LogP contribution in [0.3, 0.4) is 0 Å². The quantitative estimate of drug-likeness (QED) is 0.239. The molecule has 242 valence electrons. The zero-order chi connectivity index (χ0) is 32.8. The SMILES string of the molecule is CCc1ncc(-c2c(C)nc(N(C(=O)CCc3ccccc3)C3CCC(Nc4ncc(C#N)c(OC5COC5)n4)CC3)nc2C)cn1. The van der Waals surface area contributed by atoms with E-state index in [-0.39, 0.29) is 35.5 Å². The van der Waals surface area contributed by atoms with Crippen molar-refractivity contribution in [3.8, 4) is 23.1 Å². The van der Waals surface area contributed by atoms with Gasteiger partial charge in [0.05, 0.1) is 30.8 Å². The number of nitriles is 1. The highest BCUT2D eigenvalue weighted by molar-refractivity contribution is 5.92. The van der Waals surface area contributed by atoms with Gasteiger partial charge in [0.2, 0.25) is 23.7 Å². The van der Waals surface area contributed by atoms with Crippen molar-refractivity contribution < 1.29 is 14.3 Å². The van der Waals surface area contributed by atoms with Gasteiger partial charge in [-0.05, 0) is 51.5 Å². The molecule has 1 aliphatic carbocycles. The molecule has 2 aliphatic rings. The third-order valence-electron chi connectivity index (χ3n) is 8.68. The van der Waals surface area contributed by atoms with Gasteiger partial charge in [-0.1, -0.05) is 37.3 Å². The summed E-state index contributed by atoms with van der Waals surface area (Å²) >= 11 is 0. The van der Waals surface area contributed by atoms with E-state index in [2.05, 4.69) is 31.3 Å². The Balaban J connectivity index is 1.20. The average molecular weight is 634 g/mol. The number of aryl methyl sites for hydroxylation is 4. The molecule has 4 aromatic rings. The number of carbonyl (C=O) groups is 1. The van der Waals surface area contributed by atoms with Crippen molar-refractivity contribution in [2.24, 2.45) is 0 Å². The van der Waals surface area contributed by atoms with Gasteiger partial charge in [0.15, 0.2) is 0 Å². The summed E-state index contributed by atoms with van der Waals surface area (Å²) < 4.78 is 11.0. The lowest BCUT2D eigenvalue weighted by Crippen LogP contribution is -2.45. The van der Waals surface area contributed by atoms with Crippen molar-refractivity contribution in [3.63, 3.8) is 0 Å². The maximum absolute atomic E-state index is 14.0. The van der Waals surface area contributed by atoms with Crippen LogP contribution < -0.4 is 15.0 Å². The number of ether oxygens (including phenoxy) is 2. The molecule has 1 aromatic carbocycles. The molecule has 0 spiro atoms. The summed E-state index contributed by atoms with van der Waals surface area (Å²) in [7, 11) is 0. The lowest BCUT2D eigenvalue weighted by molar-refractivity contribution is -0.119. The number of carbonyl (C=O) groups excluding carboxylic acids is 1. The van der Waals surface area contributed by atoms with E-state index in [0.29, 0.717) is 38.0 Å². The number of nitrogens with one attached hydrogen (secondary N) is 1. The number of rotatable bonds is 11. The topological polar surface area (TPSA) is 152 Å². The predicted molar refractivity (Wildman–Crippen MR) is 176 cm³/mol. The molecular formula is C35H39N9O3. The largest absolute Gasteiger partial charge is 0.468 e. The fraction of sp³-hybridized carbons (Fsp3) is 0.429. The molecule has 4 heterocycles. The fourth-order valence-corrected chi connectivity index (χ4v) is 6.09. The first-order chi connectivity index (χ1) is 22.9. The van der Waals surface area contributed by atoms with Gasteiger partial charge in [-0.25, -0.2) is 24.9 Å². The second-order valence-corrected chi connectivity index (χ2v) is 12.0. The number of benzene rings is 1. The lowest BCUT2D eigenvalue weighted by atomic mass is 9.90. The minimum atomic E-state index is -0.107. The third kappa shape index (κ3) is 7.52. The molecule has 12 nitrogen and oxygen atoms in total. The van der Waals surface area contributed by atoms with E-state index in [4.69, 9.17) is 19.4 Å². The van der Waals surface area contributed by atoms with Gasteiger partial charge in [0, 0.05) is 48.4 Å². The van der Waals surface area contributed by atoms with Crippen LogP contribution in [0.15, 0.2) is 48.9 Å². The van der Waals surface area contributed by atoms with E-state index in [0.717, 1.165) is 66.0 Å². The van der Waals surface area contributed by atoms with Gasteiger partial charge >= 0.3 is 0 Å². The summed E-state index contributed by atoms with van der Waals surface area (Å²) in [4.78, 5) is 43.4. The van der Waals surface area contributed by atoms with Crippen molar-refractivity contribution in [3.05, 3.63) is 77.3 Å². The molecule has 2 fully saturated rings. The third-order valence-corrected chi connectivity index (χ3v) is 8.68. The minimum absolute atomic E-state index is 0.00429. The first-order valence-electron chi connectivity index (χ1n) is 16.2. The number of amides is 1. The number of hydrogen-bond donors (Lipinski definition) is 1. The van der Waals surface area contributed by atoms with Gasteiger partial charge in [0.1, 0.15) is 23.6 Å². The van der Waals surface area contributed by atoms with Crippen molar-refractivity contribution >= 4 is 17.8 Å². The summed E-state index contributed by atoms with van der Waals surface area (Å²) in [6.45, 7) is 6.88. The fourth-order valence-electron chi connectivity index (χ4n) is 6.09. The van der Waals surface area contributed by atoms with Gasteiger partial charge in [-0.2, -0.15) is 10.2 Å². The van der Waals surface area contributed by atoms with Crippen LogP contribution in [-0.2, 0) is 22.4 Å². The molecule has 1 amide bonds. The van der Waals surface area contributed by atoms with E-state index >= 15 is 0 Å². The van der Waals surface area contributed by atoms with Crippen LogP contribution in [0.2, 0.25) is 0 Å².